The lowest BCUT2D eigenvalue weighted by Crippen LogP contribution is -2.01. The maximum absolute atomic E-state index is 4.94. The van der Waals surface area contributed by atoms with Crippen LogP contribution in [0.5, 0.6) is 0 Å². The lowest BCUT2D eigenvalue weighted by atomic mass is 9.98. The molecule has 0 bridgehead atoms. The van der Waals surface area contributed by atoms with Gasteiger partial charge in [0.1, 0.15) is 0 Å². The van der Waals surface area contributed by atoms with Crippen molar-refractivity contribution in [3.63, 3.8) is 0 Å². The molecule has 0 spiro atoms. The first-order valence-electron chi connectivity index (χ1n) is 16.9. The van der Waals surface area contributed by atoms with Gasteiger partial charge in [-0.3, -0.25) is 4.57 Å². The van der Waals surface area contributed by atoms with Gasteiger partial charge in [0.05, 0.1) is 22.1 Å². The molecule has 10 aromatic rings. The summed E-state index contributed by atoms with van der Waals surface area (Å²) in [5.41, 5.74) is 12.4. The minimum atomic E-state index is 0.648. The van der Waals surface area contributed by atoms with Gasteiger partial charge in [0.25, 0.3) is 0 Å². The Hall–Kier alpha value is -6.78. The molecule has 3 heterocycles. The predicted molar refractivity (Wildman–Crippen MR) is 207 cm³/mol. The summed E-state index contributed by atoms with van der Waals surface area (Å²) >= 11 is 0. The summed E-state index contributed by atoms with van der Waals surface area (Å²) in [4.78, 5) is 9.87. The Morgan fingerprint density at radius 2 is 0.740 bits per heavy atom. The zero-order chi connectivity index (χ0) is 33.0. The van der Waals surface area contributed by atoms with Gasteiger partial charge in [-0.25, -0.2) is 9.97 Å². The highest BCUT2D eigenvalue weighted by Gasteiger charge is 2.20. The Morgan fingerprint density at radius 3 is 1.28 bits per heavy atom. The van der Waals surface area contributed by atoms with Gasteiger partial charge in [-0.05, 0) is 70.3 Å². The van der Waals surface area contributed by atoms with Crippen LogP contribution in [0.2, 0.25) is 0 Å². The molecule has 0 aliphatic heterocycles. The summed E-state index contributed by atoms with van der Waals surface area (Å²) in [6.45, 7) is 0. The Balaban J connectivity index is 1.26. The predicted octanol–water partition coefficient (Wildman–Crippen LogP) is 11.7. The molecule has 7 aromatic carbocycles. The molecule has 0 unspecified atom stereocenters. The van der Waals surface area contributed by atoms with Crippen LogP contribution in [-0.4, -0.2) is 19.1 Å². The molecule has 3 aromatic heterocycles. The van der Waals surface area contributed by atoms with Crippen LogP contribution < -0.4 is 0 Å². The van der Waals surface area contributed by atoms with Crippen LogP contribution in [0.25, 0.3) is 88.6 Å². The lowest BCUT2D eigenvalue weighted by molar-refractivity contribution is 0.990. The van der Waals surface area contributed by atoms with Crippen molar-refractivity contribution < 1.29 is 0 Å². The van der Waals surface area contributed by atoms with Crippen LogP contribution >= 0.6 is 0 Å². The fourth-order valence-electron chi connectivity index (χ4n) is 7.48. The van der Waals surface area contributed by atoms with Crippen LogP contribution in [0.4, 0.5) is 0 Å². The number of fused-ring (bicyclic) bond motifs is 6. The van der Waals surface area contributed by atoms with Crippen molar-refractivity contribution in [2.24, 2.45) is 0 Å². The number of nitrogens with zero attached hydrogens (tertiary/aromatic N) is 4. The minimum Gasteiger partial charge on any atom is -0.309 e. The number of hydrogen-bond acceptors (Lipinski definition) is 2. The molecule has 234 valence electrons. The summed E-state index contributed by atoms with van der Waals surface area (Å²) in [6.07, 6.45) is 3.85. The third kappa shape index (κ3) is 4.54. The second kappa shape index (κ2) is 11.4. The van der Waals surface area contributed by atoms with E-state index in [1.54, 1.807) is 0 Å². The quantitative estimate of drug-likeness (QED) is 0.188. The SMILES string of the molecule is c1ccc(-c2cnc(-n3c4ccccc4c4cc5c6ccccc6n(-c6cc(-c7ccccc7)cc(-c7ccccc7)c6)c5cc43)nc2)cc1. The van der Waals surface area contributed by atoms with E-state index in [2.05, 4.69) is 161 Å². The first-order valence-corrected chi connectivity index (χ1v) is 16.9. The summed E-state index contributed by atoms with van der Waals surface area (Å²) in [5.74, 6) is 0.648. The molecule has 0 atom stereocenters. The van der Waals surface area contributed by atoms with Crippen LogP contribution in [0.3, 0.4) is 0 Å². The first kappa shape index (κ1) is 28.3. The van der Waals surface area contributed by atoms with E-state index >= 15 is 0 Å². The van der Waals surface area contributed by atoms with Crippen molar-refractivity contribution in [1.29, 1.82) is 0 Å². The van der Waals surface area contributed by atoms with E-state index in [4.69, 9.17) is 9.97 Å². The van der Waals surface area contributed by atoms with E-state index in [0.717, 1.165) is 33.4 Å². The molecule has 4 nitrogen and oxygen atoms in total. The third-order valence-electron chi connectivity index (χ3n) is 9.80. The van der Waals surface area contributed by atoms with Crippen LogP contribution in [0.1, 0.15) is 0 Å². The van der Waals surface area contributed by atoms with Crippen molar-refractivity contribution in [3.8, 4) is 45.0 Å². The van der Waals surface area contributed by atoms with Crippen LogP contribution in [-0.2, 0) is 0 Å². The summed E-state index contributed by atoms with van der Waals surface area (Å²) in [6, 6.07) is 60.5. The Kier molecular flexibility index (Phi) is 6.46. The normalized spacial score (nSPS) is 11.6. The molecule has 0 amide bonds. The monoisotopic (exact) mass is 638 g/mol. The van der Waals surface area contributed by atoms with E-state index in [1.807, 2.05) is 30.6 Å². The van der Waals surface area contributed by atoms with Crippen molar-refractivity contribution in [3.05, 3.63) is 182 Å². The van der Waals surface area contributed by atoms with Gasteiger partial charge in [0.15, 0.2) is 0 Å². The molecular weight excluding hydrogens is 609 g/mol. The number of aromatic nitrogens is 4. The van der Waals surface area contributed by atoms with Gasteiger partial charge >= 0.3 is 0 Å². The standard InChI is InChI=1S/C46H30N4/c1-4-14-31(15-5-1)34-24-35(32-16-6-2-7-17-32)26-37(25-34)49-42-22-12-10-20-38(42)40-27-41-39-21-11-13-23-43(39)50(45(41)28-44(40)49)46-47-29-36(30-48-46)33-18-8-3-9-19-33/h1-30H. The summed E-state index contributed by atoms with van der Waals surface area (Å²) in [5, 5.41) is 4.78. The molecule has 0 aliphatic carbocycles. The molecule has 4 heteroatoms. The molecular formula is C46H30N4. The summed E-state index contributed by atoms with van der Waals surface area (Å²) < 4.78 is 4.63. The molecule has 0 N–H and O–H groups in total. The van der Waals surface area contributed by atoms with Crippen molar-refractivity contribution >= 4 is 43.6 Å². The van der Waals surface area contributed by atoms with Crippen molar-refractivity contribution in [1.82, 2.24) is 19.1 Å². The first-order chi connectivity index (χ1) is 24.8. The zero-order valence-corrected chi connectivity index (χ0v) is 27.1. The molecule has 0 saturated carbocycles. The van der Waals surface area contributed by atoms with Crippen molar-refractivity contribution in [2.45, 2.75) is 0 Å². The highest BCUT2D eigenvalue weighted by Crippen LogP contribution is 2.40. The van der Waals surface area contributed by atoms with Gasteiger partial charge in [-0.1, -0.05) is 127 Å². The van der Waals surface area contributed by atoms with E-state index < -0.39 is 0 Å². The molecule has 0 aliphatic rings. The Morgan fingerprint density at radius 1 is 0.300 bits per heavy atom. The maximum atomic E-state index is 4.94. The lowest BCUT2D eigenvalue weighted by Gasteiger charge is -2.14. The molecule has 50 heavy (non-hydrogen) atoms. The fourth-order valence-corrected chi connectivity index (χ4v) is 7.48. The van der Waals surface area contributed by atoms with Gasteiger partial charge in [0.2, 0.25) is 5.95 Å². The van der Waals surface area contributed by atoms with Crippen LogP contribution in [0.15, 0.2) is 182 Å². The Bertz CT molecular complexity index is 2770. The summed E-state index contributed by atoms with van der Waals surface area (Å²) in [7, 11) is 0. The van der Waals surface area contributed by atoms with Crippen LogP contribution in [0, 0.1) is 0 Å². The minimum absolute atomic E-state index is 0.648. The third-order valence-corrected chi connectivity index (χ3v) is 9.80. The number of rotatable bonds is 5. The molecule has 10 rings (SSSR count). The smallest absolute Gasteiger partial charge is 0.234 e. The second-order valence-electron chi connectivity index (χ2n) is 12.7. The van der Waals surface area contributed by atoms with Crippen molar-refractivity contribution in [2.75, 3.05) is 0 Å². The van der Waals surface area contributed by atoms with Gasteiger partial charge in [0, 0.05) is 45.2 Å². The number of hydrogen-bond donors (Lipinski definition) is 0. The fraction of sp³-hybridized carbons (Fsp3) is 0. The number of para-hydroxylation sites is 2. The van der Waals surface area contributed by atoms with E-state index in [1.165, 1.54) is 49.3 Å². The van der Waals surface area contributed by atoms with Gasteiger partial charge in [-0.15, -0.1) is 0 Å². The number of benzene rings is 7. The van der Waals surface area contributed by atoms with Gasteiger partial charge < -0.3 is 4.57 Å². The zero-order valence-electron chi connectivity index (χ0n) is 27.1. The molecule has 0 saturated heterocycles. The largest absolute Gasteiger partial charge is 0.309 e. The topological polar surface area (TPSA) is 35.6 Å². The van der Waals surface area contributed by atoms with E-state index in [0.29, 0.717) is 5.95 Å². The molecule has 0 fully saturated rings. The average Bonchev–Trinajstić information content (AvgIpc) is 3.70. The van der Waals surface area contributed by atoms with Gasteiger partial charge in [-0.2, -0.15) is 0 Å². The highest BCUT2D eigenvalue weighted by atomic mass is 15.1. The molecule has 0 radical (unpaired) electrons. The average molecular weight is 639 g/mol. The highest BCUT2D eigenvalue weighted by molar-refractivity contribution is 6.19. The van der Waals surface area contributed by atoms with E-state index in [-0.39, 0.29) is 0 Å². The van der Waals surface area contributed by atoms with E-state index in [9.17, 15) is 0 Å². The maximum Gasteiger partial charge on any atom is 0.234 e. The second-order valence-corrected chi connectivity index (χ2v) is 12.7. The Labute approximate surface area is 289 Å².